The van der Waals surface area contributed by atoms with Gasteiger partial charge in [-0.25, -0.2) is 0 Å². The maximum Gasteiger partial charge on any atom is 0.235 e. The minimum Gasteiger partial charge on any atom is -0.497 e. The van der Waals surface area contributed by atoms with Crippen LogP contribution in [0, 0.1) is 6.92 Å². The first-order valence-corrected chi connectivity index (χ1v) is 10.1. The normalized spacial score (nSPS) is 15.5. The zero-order valence-electron chi connectivity index (χ0n) is 17.0. The van der Waals surface area contributed by atoms with E-state index >= 15 is 0 Å². The summed E-state index contributed by atoms with van der Waals surface area (Å²) in [6.45, 7) is 2.26. The maximum atomic E-state index is 13.3. The average molecular weight is 401 g/mol. The van der Waals surface area contributed by atoms with Gasteiger partial charge in [0.2, 0.25) is 12.7 Å². The van der Waals surface area contributed by atoms with Gasteiger partial charge in [-0.3, -0.25) is 4.79 Å². The van der Waals surface area contributed by atoms with Crippen LogP contribution in [0.25, 0.3) is 11.1 Å². The number of benzene rings is 3. The highest BCUT2D eigenvalue weighted by atomic mass is 16.7. The Morgan fingerprint density at radius 2 is 1.80 bits per heavy atom. The van der Waals surface area contributed by atoms with Gasteiger partial charge < -0.3 is 19.5 Å². The van der Waals surface area contributed by atoms with Crippen molar-refractivity contribution >= 4 is 11.6 Å². The first-order valence-electron chi connectivity index (χ1n) is 10.1. The van der Waals surface area contributed by atoms with E-state index < -0.39 is 5.41 Å². The molecule has 0 spiro atoms. The molecule has 0 aromatic heterocycles. The third-order valence-corrected chi connectivity index (χ3v) is 6.07. The van der Waals surface area contributed by atoms with Crippen molar-refractivity contribution in [3.8, 4) is 28.4 Å². The molecule has 5 nitrogen and oxygen atoms in total. The Hall–Kier alpha value is -3.47. The van der Waals surface area contributed by atoms with Crippen LogP contribution in [-0.2, 0) is 10.2 Å². The molecule has 3 aromatic rings. The summed E-state index contributed by atoms with van der Waals surface area (Å²) in [6.07, 6.45) is 1.65. The first-order chi connectivity index (χ1) is 14.6. The van der Waals surface area contributed by atoms with E-state index in [2.05, 4.69) is 11.4 Å². The average Bonchev–Trinajstić information content (AvgIpc) is 3.46. The summed E-state index contributed by atoms with van der Waals surface area (Å²) >= 11 is 0. The van der Waals surface area contributed by atoms with E-state index in [1.54, 1.807) is 7.11 Å². The molecule has 1 amide bonds. The summed E-state index contributed by atoms with van der Waals surface area (Å²) in [5.74, 6) is 2.27. The summed E-state index contributed by atoms with van der Waals surface area (Å²) in [7, 11) is 1.66. The number of amides is 1. The van der Waals surface area contributed by atoms with Gasteiger partial charge in [0.15, 0.2) is 11.5 Å². The van der Waals surface area contributed by atoms with Crippen LogP contribution in [0.4, 0.5) is 5.69 Å². The molecule has 152 valence electrons. The third kappa shape index (κ3) is 3.07. The minimum absolute atomic E-state index is 0.0206. The van der Waals surface area contributed by atoms with Gasteiger partial charge in [-0.15, -0.1) is 0 Å². The highest BCUT2D eigenvalue weighted by Gasteiger charge is 2.51. The summed E-state index contributed by atoms with van der Waals surface area (Å²) in [6, 6.07) is 19.7. The van der Waals surface area contributed by atoms with Gasteiger partial charge in [-0.2, -0.15) is 0 Å². The van der Waals surface area contributed by atoms with Crippen LogP contribution in [-0.4, -0.2) is 19.8 Å². The van der Waals surface area contributed by atoms with E-state index in [4.69, 9.17) is 14.2 Å². The minimum atomic E-state index is -0.501. The lowest BCUT2D eigenvalue weighted by Crippen LogP contribution is -2.28. The van der Waals surface area contributed by atoms with Crippen molar-refractivity contribution in [2.24, 2.45) is 0 Å². The largest absolute Gasteiger partial charge is 0.497 e. The second-order valence-corrected chi connectivity index (χ2v) is 7.81. The van der Waals surface area contributed by atoms with Crippen molar-refractivity contribution in [2.75, 3.05) is 19.2 Å². The van der Waals surface area contributed by atoms with Crippen LogP contribution in [0.15, 0.2) is 60.7 Å². The number of methoxy groups -OCH3 is 1. The van der Waals surface area contributed by atoms with E-state index in [1.807, 2.05) is 61.5 Å². The molecule has 1 saturated carbocycles. The molecule has 2 aliphatic rings. The number of hydrogen-bond acceptors (Lipinski definition) is 4. The molecule has 3 aromatic carbocycles. The summed E-state index contributed by atoms with van der Waals surface area (Å²) in [5, 5.41) is 3.18. The predicted molar refractivity (Wildman–Crippen MR) is 115 cm³/mol. The van der Waals surface area contributed by atoms with Crippen LogP contribution >= 0.6 is 0 Å². The number of rotatable bonds is 5. The number of ether oxygens (including phenoxy) is 3. The lowest BCUT2D eigenvalue weighted by atomic mass is 9.93. The molecule has 0 atom stereocenters. The third-order valence-electron chi connectivity index (χ3n) is 6.07. The zero-order chi connectivity index (χ0) is 20.7. The topological polar surface area (TPSA) is 56.8 Å². The predicted octanol–water partition coefficient (Wildman–Crippen LogP) is 5.07. The van der Waals surface area contributed by atoms with Gasteiger partial charge >= 0.3 is 0 Å². The van der Waals surface area contributed by atoms with Crippen molar-refractivity contribution < 1.29 is 19.0 Å². The van der Waals surface area contributed by atoms with Gasteiger partial charge in [0.1, 0.15) is 5.75 Å². The highest BCUT2D eigenvalue weighted by Crippen LogP contribution is 2.51. The number of nitrogens with one attached hydrogen (secondary N) is 1. The second-order valence-electron chi connectivity index (χ2n) is 7.81. The van der Waals surface area contributed by atoms with Gasteiger partial charge in [0, 0.05) is 5.69 Å². The summed E-state index contributed by atoms with van der Waals surface area (Å²) in [5.41, 5.74) is 4.46. The second kappa shape index (κ2) is 7.10. The number of hydrogen-bond donors (Lipinski definition) is 1. The van der Waals surface area contributed by atoms with E-state index in [0.717, 1.165) is 52.3 Å². The van der Waals surface area contributed by atoms with Crippen molar-refractivity contribution in [1.82, 2.24) is 0 Å². The van der Waals surface area contributed by atoms with Gasteiger partial charge in [0.05, 0.1) is 12.5 Å². The van der Waals surface area contributed by atoms with Crippen molar-refractivity contribution in [3.63, 3.8) is 0 Å². The summed E-state index contributed by atoms with van der Waals surface area (Å²) in [4.78, 5) is 13.3. The molecule has 1 N–H and O–H groups in total. The molecule has 1 fully saturated rings. The number of carbonyl (C=O) groups is 1. The Balaban J connectivity index is 1.43. The Bertz CT molecular complexity index is 1130. The van der Waals surface area contributed by atoms with Gasteiger partial charge in [-0.1, -0.05) is 30.3 Å². The van der Waals surface area contributed by atoms with Crippen LogP contribution in [0.3, 0.4) is 0 Å². The number of anilines is 1. The Morgan fingerprint density at radius 3 is 2.60 bits per heavy atom. The zero-order valence-corrected chi connectivity index (χ0v) is 17.0. The molecular weight excluding hydrogens is 378 g/mol. The SMILES string of the molecule is COc1cccc(-c2cccc(NC(=O)C3(c4ccc5c(c4)OCO5)CC3)c2C)c1. The lowest BCUT2D eigenvalue weighted by molar-refractivity contribution is -0.118. The Kier molecular flexibility index (Phi) is 4.39. The fourth-order valence-electron chi connectivity index (χ4n) is 4.08. The van der Waals surface area contributed by atoms with E-state index in [0.29, 0.717) is 5.75 Å². The Labute approximate surface area is 175 Å². The van der Waals surface area contributed by atoms with Crippen LogP contribution < -0.4 is 19.5 Å². The van der Waals surface area contributed by atoms with Gasteiger partial charge in [0.25, 0.3) is 0 Å². The Morgan fingerprint density at radius 1 is 1.00 bits per heavy atom. The molecule has 0 unspecified atom stereocenters. The molecule has 1 aliphatic heterocycles. The number of carbonyl (C=O) groups excluding carboxylic acids is 1. The fraction of sp³-hybridized carbons (Fsp3) is 0.240. The van der Waals surface area contributed by atoms with Crippen molar-refractivity contribution in [3.05, 3.63) is 71.8 Å². The van der Waals surface area contributed by atoms with Gasteiger partial charge in [-0.05, 0) is 72.4 Å². The first kappa shape index (κ1) is 18.6. The molecule has 1 aliphatic carbocycles. The molecular formula is C25H23NO4. The monoisotopic (exact) mass is 401 g/mol. The van der Waals surface area contributed by atoms with E-state index in [-0.39, 0.29) is 12.7 Å². The molecule has 0 saturated heterocycles. The smallest absolute Gasteiger partial charge is 0.235 e. The highest BCUT2D eigenvalue weighted by molar-refractivity contribution is 6.02. The molecule has 0 radical (unpaired) electrons. The van der Waals surface area contributed by atoms with Crippen molar-refractivity contribution in [2.45, 2.75) is 25.2 Å². The molecule has 30 heavy (non-hydrogen) atoms. The standard InChI is InChI=1S/C25H23NO4/c1-16-20(17-5-3-6-19(13-17)28-2)7-4-8-21(16)26-24(27)25(11-12-25)18-9-10-22-23(14-18)30-15-29-22/h3-10,13-14H,11-12,15H2,1-2H3,(H,26,27). The quantitative estimate of drug-likeness (QED) is 0.649. The maximum absolute atomic E-state index is 13.3. The molecule has 1 heterocycles. The lowest BCUT2D eigenvalue weighted by Gasteiger charge is -2.19. The molecule has 5 heteroatoms. The molecule has 5 rings (SSSR count). The fourth-order valence-corrected chi connectivity index (χ4v) is 4.08. The summed E-state index contributed by atoms with van der Waals surface area (Å²) < 4.78 is 16.3. The van der Waals surface area contributed by atoms with Crippen LogP contribution in [0.1, 0.15) is 24.0 Å². The van der Waals surface area contributed by atoms with Crippen LogP contribution in [0.5, 0.6) is 17.2 Å². The van der Waals surface area contributed by atoms with E-state index in [1.165, 1.54) is 0 Å². The number of fused-ring (bicyclic) bond motifs is 1. The van der Waals surface area contributed by atoms with E-state index in [9.17, 15) is 4.79 Å². The molecule has 0 bridgehead atoms. The van der Waals surface area contributed by atoms with Crippen LogP contribution in [0.2, 0.25) is 0 Å². The van der Waals surface area contributed by atoms with Crippen molar-refractivity contribution in [1.29, 1.82) is 0 Å².